The average Bonchev–Trinajstić information content (AvgIpc) is 2.89. The van der Waals surface area contributed by atoms with Crippen molar-refractivity contribution < 1.29 is 8.42 Å². The van der Waals surface area contributed by atoms with Crippen LogP contribution < -0.4 is 14.9 Å². The lowest BCUT2D eigenvalue weighted by Crippen LogP contribution is -2.49. The number of guanidine groups is 1. The van der Waals surface area contributed by atoms with E-state index in [0.29, 0.717) is 19.0 Å². The summed E-state index contributed by atoms with van der Waals surface area (Å²) in [7, 11) is -1.66. The minimum atomic E-state index is -3.33. The van der Waals surface area contributed by atoms with Crippen molar-refractivity contribution in [1.82, 2.24) is 10.6 Å². The van der Waals surface area contributed by atoms with Gasteiger partial charge in [0.15, 0.2) is 5.96 Å². The van der Waals surface area contributed by atoms with Crippen LogP contribution in [0.3, 0.4) is 0 Å². The van der Waals surface area contributed by atoms with E-state index < -0.39 is 10.0 Å². The van der Waals surface area contributed by atoms with E-state index in [1.165, 1.54) is 4.31 Å². The van der Waals surface area contributed by atoms with Gasteiger partial charge in [-0.1, -0.05) is 18.2 Å². The number of nitrogens with one attached hydrogen (secondary N) is 2. The number of halogens is 1. The van der Waals surface area contributed by atoms with E-state index in [-0.39, 0.29) is 35.3 Å². The molecule has 0 atom stereocenters. The van der Waals surface area contributed by atoms with Crippen molar-refractivity contribution in [1.29, 1.82) is 0 Å². The first kappa shape index (κ1) is 21.0. The Kier molecular flexibility index (Phi) is 7.33. The molecule has 0 amide bonds. The Balaban J connectivity index is 0.00000288. The summed E-state index contributed by atoms with van der Waals surface area (Å²) in [6, 6.07) is 7.67. The van der Waals surface area contributed by atoms with Gasteiger partial charge in [0, 0.05) is 25.7 Å². The molecule has 24 heavy (non-hydrogen) atoms. The second kappa shape index (κ2) is 8.37. The summed E-state index contributed by atoms with van der Waals surface area (Å²) in [5.74, 6) is 0.640. The third-order valence-corrected chi connectivity index (χ3v) is 5.32. The molecule has 0 unspecified atom stereocenters. The number of benzene rings is 1. The molecule has 1 aliphatic rings. The van der Waals surface area contributed by atoms with Gasteiger partial charge in [0.1, 0.15) is 0 Å². The molecule has 0 radical (unpaired) electrons. The van der Waals surface area contributed by atoms with E-state index in [4.69, 9.17) is 0 Å². The van der Waals surface area contributed by atoms with E-state index in [0.717, 1.165) is 17.7 Å². The molecule has 1 heterocycles. The molecule has 0 spiro atoms. The summed E-state index contributed by atoms with van der Waals surface area (Å²) >= 11 is 0. The number of hydrogen-bond donors (Lipinski definition) is 2. The minimum absolute atomic E-state index is 0. The zero-order valence-electron chi connectivity index (χ0n) is 14.7. The van der Waals surface area contributed by atoms with Crippen LogP contribution in [0, 0.1) is 0 Å². The highest BCUT2D eigenvalue weighted by Gasteiger charge is 2.28. The fourth-order valence-corrected chi connectivity index (χ4v) is 3.97. The normalized spacial score (nSPS) is 14.8. The molecule has 0 fully saturated rings. The summed E-state index contributed by atoms with van der Waals surface area (Å²) in [6.07, 6.45) is 0.774. The molecule has 0 aliphatic carbocycles. The summed E-state index contributed by atoms with van der Waals surface area (Å²) in [5, 5.41) is 6.27. The van der Waals surface area contributed by atoms with Crippen LogP contribution in [0.4, 0.5) is 5.69 Å². The Morgan fingerprint density at radius 1 is 1.29 bits per heavy atom. The van der Waals surface area contributed by atoms with Gasteiger partial charge in [0.05, 0.1) is 11.4 Å². The topological polar surface area (TPSA) is 73.8 Å². The molecule has 2 rings (SSSR count). The minimum Gasteiger partial charge on any atom is -0.355 e. The third kappa shape index (κ3) is 5.51. The summed E-state index contributed by atoms with van der Waals surface area (Å²) in [4.78, 5) is 4.11. The van der Waals surface area contributed by atoms with Gasteiger partial charge in [0.2, 0.25) is 10.0 Å². The lowest BCUT2D eigenvalue weighted by Gasteiger charge is -2.24. The zero-order chi connectivity index (χ0) is 17.1. The number of sulfonamides is 1. The van der Waals surface area contributed by atoms with Crippen LogP contribution >= 0.6 is 24.0 Å². The van der Waals surface area contributed by atoms with E-state index >= 15 is 0 Å². The van der Waals surface area contributed by atoms with Crippen molar-refractivity contribution in [3.05, 3.63) is 29.8 Å². The molecular weight excluding hydrogens is 439 g/mol. The van der Waals surface area contributed by atoms with Crippen molar-refractivity contribution in [2.24, 2.45) is 4.99 Å². The summed E-state index contributed by atoms with van der Waals surface area (Å²) in [5.41, 5.74) is 1.77. The van der Waals surface area contributed by atoms with Crippen molar-refractivity contribution >= 4 is 45.6 Å². The second-order valence-corrected chi connectivity index (χ2v) is 8.65. The molecule has 1 aromatic rings. The van der Waals surface area contributed by atoms with Crippen LogP contribution in [-0.4, -0.2) is 45.8 Å². The van der Waals surface area contributed by atoms with Gasteiger partial charge in [-0.05, 0) is 38.8 Å². The molecule has 1 aromatic carbocycles. The maximum absolute atomic E-state index is 12.6. The van der Waals surface area contributed by atoms with Crippen LogP contribution in [0.15, 0.2) is 29.3 Å². The van der Waals surface area contributed by atoms with Gasteiger partial charge in [-0.25, -0.2) is 8.42 Å². The Hall–Kier alpha value is -1.03. The van der Waals surface area contributed by atoms with Crippen molar-refractivity contribution in [2.75, 3.05) is 30.2 Å². The molecule has 0 bridgehead atoms. The van der Waals surface area contributed by atoms with Crippen molar-refractivity contribution in [2.45, 2.75) is 32.7 Å². The molecule has 0 saturated heterocycles. The molecule has 2 N–H and O–H groups in total. The highest BCUT2D eigenvalue weighted by Crippen LogP contribution is 2.29. The Morgan fingerprint density at radius 3 is 2.58 bits per heavy atom. The van der Waals surface area contributed by atoms with Gasteiger partial charge < -0.3 is 10.6 Å². The van der Waals surface area contributed by atoms with Crippen LogP contribution in [0.25, 0.3) is 0 Å². The van der Waals surface area contributed by atoms with Gasteiger partial charge >= 0.3 is 0 Å². The second-order valence-electron chi connectivity index (χ2n) is 6.64. The molecule has 8 heteroatoms. The fourth-order valence-electron chi connectivity index (χ4n) is 2.54. The maximum atomic E-state index is 12.6. The number of hydrogen-bond acceptors (Lipinski definition) is 3. The van der Waals surface area contributed by atoms with Crippen molar-refractivity contribution in [3.63, 3.8) is 0 Å². The van der Waals surface area contributed by atoms with Crippen molar-refractivity contribution in [3.8, 4) is 0 Å². The number of aliphatic imine (C=N–C) groups is 1. The lowest BCUT2D eigenvalue weighted by atomic mass is 10.1. The first-order chi connectivity index (χ1) is 10.7. The van der Waals surface area contributed by atoms with Gasteiger partial charge in [0.25, 0.3) is 0 Å². The van der Waals surface area contributed by atoms with Gasteiger partial charge in [-0.3, -0.25) is 9.30 Å². The molecule has 1 aliphatic heterocycles. The quantitative estimate of drug-likeness (QED) is 0.404. The Bertz CT molecular complexity index is 684. The largest absolute Gasteiger partial charge is 0.355 e. The molecule has 0 aromatic heterocycles. The number of nitrogens with zero attached hydrogens (tertiary/aromatic N) is 2. The lowest BCUT2D eigenvalue weighted by molar-refractivity contribution is 0.502. The van der Waals surface area contributed by atoms with E-state index in [2.05, 4.69) is 15.6 Å². The first-order valence-corrected chi connectivity index (χ1v) is 9.41. The van der Waals surface area contributed by atoms with E-state index in [1.807, 2.05) is 45.0 Å². The summed E-state index contributed by atoms with van der Waals surface area (Å²) < 4.78 is 26.7. The smallest absolute Gasteiger partial charge is 0.236 e. The number of rotatable bonds is 4. The fraction of sp³-hybridized carbons (Fsp3) is 0.562. The zero-order valence-corrected chi connectivity index (χ0v) is 17.8. The maximum Gasteiger partial charge on any atom is 0.236 e. The van der Waals surface area contributed by atoms with Gasteiger partial charge in [-0.2, -0.15) is 0 Å². The van der Waals surface area contributed by atoms with Crippen LogP contribution in [0.1, 0.15) is 26.3 Å². The number of anilines is 1. The van der Waals surface area contributed by atoms with Crippen LogP contribution in [0.2, 0.25) is 0 Å². The summed E-state index contributed by atoms with van der Waals surface area (Å²) in [6.45, 7) is 6.92. The highest BCUT2D eigenvalue weighted by molar-refractivity contribution is 14.0. The molecular formula is C16H27IN4O2S. The predicted molar refractivity (Wildman–Crippen MR) is 111 cm³/mol. The van der Waals surface area contributed by atoms with E-state index in [1.54, 1.807) is 7.05 Å². The highest BCUT2D eigenvalue weighted by atomic mass is 127. The number of para-hydroxylation sites is 1. The molecule has 6 nitrogen and oxygen atoms in total. The molecule has 0 saturated carbocycles. The SMILES string of the molecule is CN=C(NCCS(=O)(=O)N1CCc2ccccc21)NC(C)(C)C.I. The van der Waals surface area contributed by atoms with Gasteiger partial charge in [-0.15, -0.1) is 24.0 Å². The molecule has 136 valence electrons. The Labute approximate surface area is 162 Å². The standard InChI is InChI=1S/C16H26N4O2S.HI/c1-16(2,3)19-15(17-4)18-10-12-23(21,22)20-11-9-13-7-5-6-8-14(13)20;/h5-8H,9-12H2,1-4H3,(H2,17,18,19);1H. The predicted octanol–water partition coefficient (Wildman–Crippen LogP) is 1.96. The third-order valence-electron chi connectivity index (χ3n) is 3.55. The van der Waals surface area contributed by atoms with Crippen LogP contribution in [-0.2, 0) is 16.4 Å². The first-order valence-electron chi connectivity index (χ1n) is 7.80. The van der Waals surface area contributed by atoms with Crippen LogP contribution in [0.5, 0.6) is 0 Å². The monoisotopic (exact) mass is 466 g/mol. The average molecular weight is 466 g/mol. The van der Waals surface area contributed by atoms with E-state index in [9.17, 15) is 8.42 Å². The number of fused-ring (bicyclic) bond motifs is 1. The Morgan fingerprint density at radius 2 is 1.96 bits per heavy atom.